The van der Waals surface area contributed by atoms with Crippen LogP contribution in [0.25, 0.3) is 5.82 Å². The molecule has 1 fully saturated rings. The second-order valence-corrected chi connectivity index (χ2v) is 6.65. The Morgan fingerprint density at radius 1 is 1.32 bits per heavy atom. The Morgan fingerprint density at radius 3 is 3.04 bits per heavy atom. The molecule has 3 aromatic heterocycles. The number of likely N-dealkylation sites (tertiary alicyclic amines) is 1. The van der Waals surface area contributed by atoms with Crippen molar-refractivity contribution in [3.63, 3.8) is 0 Å². The molecular formula is C19H20N6O3. The molecule has 0 aliphatic carbocycles. The smallest absolute Gasteiger partial charge is 0.257 e. The predicted molar refractivity (Wildman–Crippen MR) is 98.3 cm³/mol. The topological polar surface area (TPSA) is 106 Å². The maximum absolute atomic E-state index is 12.7. The number of amides is 2. The van der Waals surface area contributed by atoms with Crippen molar-refractivity contribution in [2.45, 2.75) is 19.4 Å². The van der Waals surface area contributed by atoms with Gasteiger partial charge in [0.25, 0.3) is 5.91 Å². The monoisotopic (exact) mass is 380 g/mol. The largest absolute Gasteiger partial charge is 0.472 e. The highest BCUT2D eigenvalue weighted by atomic mass is 16.3. The third-order valence-electron chi connectivity index (χ3n) is 4.80. The fourth-order valence-corrected chi connectivity index (χ4v) is 3.36. The van der Waals surface area contributed by atoms with Gasteiger partial charge in [-0.25, -0.2) is 14.6 Å². The zero-order valence-electron chi connectivity index (χ0n) is 15.2. The van der Waals surface area contributed by atoms with Gasteiger partial charge in [0.05, 0.1) is 17.7 Å². The van der Waals surface area contributed by atoms with Crippen LogP contribution in [0.4, 0.5) is 0 Å². The predicted octanol–water partition coefficient (Wildman–Crippen LogP) is 1.42. The molecule has 3 aromatic rings. The highest BCUT2D eigenvalue weighted by molar-refractivity contribution is 5.94. The SMILES string of the molecule is O=C(NCc1cccnc1-n1cncn1)[C@H]1CCCN(C(=O)c2ccoc2)C1. The lowest BCUT2D eigenvalue weighted by Crippen LogP contribution is -2.45. The van der Waals surface area contributed by atoms with Gasteiger partial charge in [-0.2, -0.15) is 5.10 Å². The Bertz CT molecular complexity index is 939. The van der Waals surface area contributed by atoms with E-state index in [0.717, 1.165) is 18.4 Å². The van der Waals surface area contributed by atoms with E-state index in [0.29, 0.717) is 31.0 Å². The fourth-order valence-electron chi connectivity index (χ4n) is 3.36. The van der Waals surface area contributed by atoms with Crippen LogP contribution in [0.3, 0.4) is 0 Å². The minimum absolute atomic E-state index is 0.0712. The summed E-state index contributed by atoms with van der Waals surface area (Å²) in [7, 11) is 0. The number of piperidine rings is 1. The zero-order valence-corrected chi connectivity index (χ0v) is 15.2. The Morgan fingerprint density at radius 2 is 2.25 bits per heavy atom. The molecule has 1 N–H and O–H groups in total. The van der Waals surface area contributed by atoms with Crippen LogP contribution in [0.5, 0.6) is 0 Å². The number of hydrogen-bond acceptors (Lipinski definition) is 6. The van der Waals surface area contributed by atoms with E-state index in [1.54, 1.807) is 28.2 Å². The zero-order chi connectivity index (χ0) is 19.3. The van der Waals surface area contributed by atoms with Crippen molar-refractivity contribution >= 4 is 11.8 Å². The normalized spacial score (nSPS) is 16.7. The summed E-state index contributed by atoms with van der Waals surface area (Å²) >= 11 is 0. The molecule has 0 saturated carbocycles. The molecule has 28 heavy (non-hydrogen) atoms. The molecule has 0 radical (unpaired) electrons. The van der Waals surface area contributed by atoms with E-state index in [1.807, 2.05) is 12.1 Å². The molecule has 0 unspecified atom stereocenters. The maximum Gasteiger partial charge on any atom is 0.257 e. The van der Waals surface area contributed by atoms with E-state index < -0.39 is 0 Å². The lowest BCUT2D eigenvalue weighted by Gasteiger charge is -2.31. The van der Waals surface area contributed by atoms with Gasteiger partial charge in [0.2, 0.25) is 5.91 Å². The van der Waals surface area contributed by atoms with Crippen molar-refractivity contribution in [1.29, 1.82) is 0 Å². The van der Waals surface area contributed by atoms with Crippen LogP contribution in [0, 0.1) is 5.92 Å². The van der Waals surface area contributed by atoms with Gasteiger partial charge in [-0.3, -0.25) is 9.59 Å². The van der Waals surface area contributed by atoms with Gasteiger partial charge in [0, 0.05) is 31.4 Å². The molecule has 1 saturated heterocycles. The van der Waals surface area contributed by atoms with Crippen molar-refractivity contribution in [2.24, 2.45) is 5.92 Å². The highest BCUT2D eigenvalue weighted by Crippen LogP contribution is 2.19. The first-order chi connectivity index (χ1) is 13.7. The first-order valence-corrected chi connectivity index (χ1v) is 9.10. The third-order valence-corrected chi connectivity index (χ3v) is 4.80. The van der Waals surface area contributed by atoms with Crippen LogP contribution in [0.1, 0.15) is 28.8 Å². The first kappa shape index (κ1) is 17.9. The molecule has 1 atom stereocenters. The Hall–Kier alpha value is -3.49. The summed E-state index contributed by atoms with van der Waals surface area (Å²) in [6.45, 7) is 1.37. The number of furan rings is 1. The van der Waals surface area contributed by atoms with E-state index >= 15 is 0 Å². The Labute approximate surface area is 161 Å². The number of nitrogens with zero attached hydrogens (tertiary/aromatic N) is 5. The molecule has 9 nitrogen and oxygen atoms in total. The average Bonchev–Trinajstić information content (AvgIpc) is 3.46. The minimum Gasteiger partial charge on any atom is -0.472 e. The molecule has 0 bridgehead atoms. The van der Waals surface area contributed by atoms with Gasteiger partial charge in [0.15, 0.2) is 5.82 Å². The van der Waals surface area contributed by atoms with E-state index in [2.05, 4.69) is 20.4 Å². The summed E-state index contributed by atoms with van der Waals surface area (Å²) in [5.74, 6) is 0.210. The van der Waals surface area contributed by atoms with E-state index in [-0.39, 0.29) is 17.7 Å². The van der Waals surface area contributed by atoms with Crippen LogP contribution in [0.2, 0.25) is 0 Å². The number of nitrogens with one attached hydrogen (secondary N) is 1. The lowest BCUT2D eigenvalue weighted by molar-refractivity contribution is -0.126. The van der Waals surface area contributed by atoms with E-state index in [9.17, 15) is 9.59 Å². The standard InChI is InChI=1S/C19H20N6O3/c26-18(15-4-2-7-24(10-15)19(27)16-5-8-28-11-16)22-9-14-3-1-6-21-17(14)25-13-20-12-23-25/h1,3,5-6,8,11-13,15H,2,4,7,9-10H2,(H,22,26)/t15-/m0/s1. The van der Waals surface area contributed by atoms with Gasteiger partial charge in [-0.15, -0.1) is 0 Å². The minimum atomic E-state index is -0.240. The number of hydrogen-bond donors (Lipinski definition) is 1. The molecule has 1 aliphatic rings. The Balaban J connectivity index is 1.39. The maximum atomic E-state index is 12.7. The van der Waals surface area contributed by atoms with Crippen molar-refractivity contribution < 1.29 is 14.0 Å². The van der Waals surface area contributed by atoms with Gasteiger partial charge < -0.3 is 14.6 Å². The molecule has 0 aromatic carbocycles. The third kappa shape index (κ3) is 3.78. The molecular weight excluding hydrogens is 360 g/mol. The van der Waals surface area contributed by atoms with Crippen molar-refractivity contribution in [2.75, 3.05) is 13.1 Å². The summed E-state index contributed by atoms with van der Waals surface area (Å²) < 4.78 is 6.55. The molecule has 4 rings (SSSR count). The van der Waals surface area contributed by atoms with E-state index in [1.165, 1.54) is 18.9 Å². The Kier molecular flexibility index (Phi) is 5.14. The summed E-state index contributed by atoms with van der Waals surface area (Å²) in [6.07, 6.45) is 9.12. The molecule has 144 valence electrons. The number of rotatable bonds is 5. The molecule has 1 aliphatic heterocycles. The quantitative estimate of drug-likeness (QED) is 0.718. The summed E-state index contributed by atoms with van der Waals surface area (Å²) in [5.41, 5.74) is 1.34. The highest BCUT2D eigenvalue weighted by Gasteiger charge is 2.29. The second kappa shape index (κ2) is 8.03. The fraction of sp³-hybridized carbons (Fsp3) is 0.316. The molecule has 4 heterocycles. The van der Waals surface area contributed by atoms with Crippen LogP contribution in [-0.4, -0.2) is 49.6 Å². The lowest BCUT2D eigenvalue weighted by atomic mass is 9.96. The van der Waals surface area contributed by atoms with Crippen LogP contribution in [0.15, 0.2) is 54.0 Å². The van der Waals surface area contributed by atoms with Gasteiger partial charge >= 0.3 is 0 Å². The van der Waals surface area contributed by atoms with Gasteiger partial charge in [-0.05, 0) is 25.0 Å². The second-order valence-electron chi connectivity index (χ2n) is 6.65. The number of carbonyl (C=O) groups is 2. The molecule has 0 spiro atoms. The van der Waals surface area contributed by atoms with Crippen LogP contribution < -0.4 is 5.32 Å². The van der Waals surface area contributed by atoms with Crippen molar-refractivity contribution in [3.8, 4) is 5.82 Å². The van der Waals surface area contributed by atoms with Crippen molar-refractivity contribution in [3.05, 3.63) is 60.7 Å². The molecule has 9 heteroatoms. The average molecular weight is 380 g/mol. The number of carbonyl (C=O) groups excluding carboxylic acids is 2. The number of aromatic nitrogens is 4. The summed E-state index contributed by atoms with van der Waals surface area (Å²) in [4.78, 5) is 35.2. The summed E-state index contributed by atoms with van der Waals surface area (Å²) in [5, 5.41) is 7.06. The number of pyridine rings is 1. The molecule has 2 amide bonds. The van der Waals surface area contributed by atoms with Crippen molar-refractivity contribution in [1.82, 2.24) is 30.0 Å². The van der Waals surface area contributed by atoms with Gasteiger partial charge in [0.1, 0.15) is 18.9 Å². The van der Waals surface area contributed by atoms with Crippen LogP contribution in [-0.2, 0) is 11.3 Å². The summed E-state index contributed by atoms with van der Waals surface area (Å²) in [6, 6.07) is 5.34. The van der Waals surface area contributed by atoms with E-state index in [4.69, 9.17) is 4.42 Å². The van der Waals surface area contributed by atoms with Gasteiger partial charge in [-0.1, -0.05) is 6.07 Å². The van der Waals surface area contributed by atoms with Crippen LogP contribution >= 0.6 is 0 Å². The first-order valence-electron chi connectivity index (χ1n) is 9.10.